The van der Waals surface area contributed by atoms with Crippen molar-refractivity contribution >= 4 is 42.2 Å². The number of halogens is 2. The summed E-state index contributed by atoms with van der Waals surface area (Å²) in [5.74, 6) is -1.87. The van der Waals surface area contributed by atoms with Gasteiger partial charge in [0, 0.05) is 6.07 Å². The molecule has 2 rings (SSSR count). The molecule has 0 radical (unpaired) electrons. The predicted molar refractivity (Wildman–Crippen MR) is 117 cm³/mol. The zero-order valence-electron chi connectivity index (χ0n) is 18.3. The zero-order valence-corrected chi connectivity index (χ0v) is 20.0. The Kier molecular flexibility index (Phi) is 8.58. The van der Waals surface area contributed by atoms with Crippen LogP contribution in [0, 0.1) is 5.82 Å². The van der Waals surface area contributed by atoms with Gasteiger partial charge in [0.05, 0.1) is 19.3 Å². The zero-order chi connectivity index (χ0) is 24.1. The third kappa shape index (κ3) is 7.40. The Hall–Kier alpha value is -2.27. The van der Waals surface area contributed by atoms with Gasteiger partial charge in [0.15, 0.2) is 17.6 Å². The molecule has 0 unspecified atom stereocenters. The number of esters is 1. The van der Waals surface area contributed by atoms with Gasteiger partial charge in [-0.25, -0.2) is 19.0 Å². The van der Waals surface area contributed by atoms with E-state index in [2.05, 4.69) is 22.9 Å². The van der Waals surface area contributed by atoms with Crippen LogP contribution in [0.3, 0.4) is 0 Å². The Morgan fingerprint density at radius 3 is 2.69 bits per heavy atom. The largest absolute Gasteiger partial charge is 0.482 e. The van der Waals surface area contributed by atoms with Crippen LogP contribution in [0.5, 0.6) is 5.75 Å². The molecule has 9 nitrogen and oxygen atoms in total. The molecular weight excluding hydrogens is 465 g/mol. The van der Waals surface area contributed by atoms with Crippen LogP contribution in [-0.4, -0.2) is 64.1 Å². The molecule has 0 aliphatic carbocycles. The minimum absolute atomic E-state index is 0.0247. The van der Waals surface area contributed by atoms with Crippen LogP contribution in [0.25, 0.3) is 0 Å². The Morgan fingerprint density at radius 2 is 2.09 bits per heavy atom. The second-order valence-electron chi connectivity index (χ2n) is 8.23. The minimum atomic E-state index is -1.15. The lowest BCUT2D eigenvalue weighted by Gasteiger charge is -2.43. The molecule has 12 heteroatoms. The Bertz CT molecular complexity index is 868. The second-order valence-corrected chi connectivity index (χ2v) is 9.44. The van der Waals surface area contributed by atoms with Crippen LogP contribution in [0.2, 0.25) is 5.15 Å². The van der Waals surface area contributed by atoms with Gasteiger partial charge in [-0.2, -0.15) is 0 Å². The van der Waals surface area contributed by atoms with Crippen LogP contribution in [0.4, 0.5) is 9.18 Å². The molecule has 0 aromatic carbocycles. The number of amides is 2. The van der Waals surface area contributed by atoms with E-state index in [1.54, 1.807) is 27.7 Å². The molecule has 1 aliphatic heterocycles. The highest BCUT2D eigenvalue weighted by atomic mass is 35.5. The fraction of sp³-hybridized carbons (Fsp3) is 0.600. The third-order valence-electron chi connectivity index (χ3n) is 4.34. The standard InChI is InChI=1S/C20H27ClFN3O6S/c1-5-29-17(27)14-6-7-20(32,11-25(14)18(28)31-19(2,3)4)24-15(26)10-30-12-8-13(22)16(21)23-9-12/h8-9,14,32H,5-7,10-11H2,1-4H3,(H,24,26)/t14-,20-/m1/s1. The van der Waals surface area contributed by atoms with E-state index in [0.717, 1.165) is 6.07 Å². The van der Waals surface area contributed by atoms with Crippen LogP contribution in [0.1, 0.15) is 40.5 Å². The SMILES string of the molecule is CCOC(=O)[C@H]1CC[C@](S)(NC(=O)COc2cnc(Cl)c(F)c2)CN1C(=O)OC(C)(C)C. The van der Waals surface area contributed by atoms with Crippen molar-refractivity contribution in [3.63, 3.8) is 0 Å². The number of nitrogens with one attached hydrogen (secondary N) is 1. The number of carbonyl (C=O) groups excluding carboxylic acids is 3. The number of hydrogen-bond donors (Lipinski definition) is 2. The van der Waals surface area contributed by atoms with Crippen molar-refractivity contribution in [2.45, 2.75) is 57.1 Å². The van der Waals surface area contributed by atoms with Gasteiger partial charge in [-0.1, -0.05) is 11.6 Å². The van der Waals surface area contributed by atoms with E-state index in [9.17, 15) is 18.8 Å². The molecule has 2 amide bonds. The Balaban J connectivity index is 2.06. The van der Waals surface area contributed by atoms with E-state index in [-0.39, 0.29) is 36.9 Å². The lowest BCUT2D eigenvalue weighted by Crippen LogP contribution is -2.62. The van der Waals surface area contributed by atoms with Gasteiger partial charge in [0.2, 0.25) is 0 Å². The fourth-order valence-corrected chi connectivity index (χ4v) is 3.54. The van der Waals surface area contributed by atoms with Crippen molar-refractivity contribution in [2.24, 2.45) is 0 Å². The Morgan fingerprint density at radius 1 is 1.41 bits per heavy atom. The minimum Gasteiger partial charge on any atom is -0.482 e. The quantitative estimate of drug-likeness (QED) is 0.272. The van der Waals surface area contributed by atoms with E-state index in [1.807, 2.05) is 0 Å². The topological polar surface area (TPSA) is 107 Å². The summed E-state index contributed by atoms with van der Waals surface area (Å²) in [6.45, 7) is 6.40. The lowest BCUT2D eigenvalue weighted by molar-refractivity contribution is -0.151. The molecule has 0 saturated carbocycles. The summed E-state index contributed by atoms with van der Waals surface area (Å²) in [5.41, 5.74) is -0.786. The molecule has 1 saturated heterocycles. The number of thiol groups is 1. The lowest BCUT2D eigenvalue weighted by atomic mass is 9.97. The highest BCUT2D eigenvalue weighted by Crippen LogP contribution is 2.31. The molecule has 1 aromatic heterocycles. The first-order chi connectivity index (χ1) is 14.8. The third-order valence-corrected chi connectivity index (χ3v) is 5.09. The summed E-state index contributed by atoms with van der Waals surface area (Å²) in [5, 5.41) is 2.38. The number of aromatic nitrogens is 1. The second kappa shape index (κ2) is 10.6. The molecule has 2 atom stereocenters. The number of carbonyl (C=O) groups is 3. The smallest absolute Gasteiger partial charge is 0.411 e. The van der Waals surface area contributed by atoms with Crippen molar-refractivity contribution in [2.75, 3.05) is 19.8 Å². The molecule has 1 fully saturated rings. The van der Waals surface area contributed by atoms with Gasteiger partial charge in [-0.3, -0.25) is 9.69 Å². The molecule has 32 heavy (non-hydrogen) atoms. The van der Waals surface area contributed by atoms with E-state index in [4.69, 9.17) is 25.8 Å². The van der Waals surface area contributed by atoms with Crippen LogP contribution in [-0.2, 0) is 19.1 Å². The molecule has 0 spiro atoms. The molecule has 1 N–H and O–H groups in total. The highest BCUT2D eigenvalue weighted by Gasteiger charge is 2.45. The number of nitrogens with zero attached hydrogens (tertiary/aromatic N) is 2. The number of ether oxygens (including phenoxy) is 3. The first-order valence-corrected chi connectivity index (χ1v) is 10.8. The summed E-state index contributed by atoms with van der Waals surface area (Å²) in [6, 6.07) is 0.148. The van der Waals surface area contributed by atoms with E-state index in [1.165, 1.54) is 11.1 Å². The molecule has 178 valence electrons. The summed E-state index contributed by atoms with van der Waals surface area (Å²) in [7, 11) is 0. The van der Waals surface area contributed by atoms with Gasteiger partial charge in [0.1, 0.15) is 22.3 Å². The van der Waals surface area contributed by atoms with Crippen LogP contribution >= 0.6 is 24.2 Å². The molecule has 1 aromatic rings. The van der Waals surface area contributed by atoms with Gasteiger partial charge < -0.3 is 19.5 Å². The number of likely N-dealkylation sites (tertiary alicyclic amines) is 1. The van der Waals surface area contributed by atoms with Gasteiger partial charge in [-0.05, 0) is 40.5 Å². The van der Waals surface area contributed by atoms with E-state index < -0.39 is 46.9 Å². The van der Waals surface area contributed by atoms with Gasteiger partial charge >= 0.3 is 12.1 Å². The average Bonchev–Trinajstić information content (AvgIpc) is 2.67. The highest BCUT2D eigenvalue weighted by molar-refractivity contribution is 7.81. The predicted octanol–water partition coefficient (Wildman–Crippen LogP) is 2.96. The molecule has 1 aliphatic rings. The maximum atomic E-state index is 13.5. The monoisotopic (exact) mass is 491 g/mol. The number of pyridine rings is 1. The summed E-state index contributed by atoms with van der Waals surface area (Å²) in [6.07, 6.45) is 0.947. The first-order valence-electron chi connectivity index (χ1n) is 9.97. The van der Waals surface area contributed by atoms with Gasteiger partial charge in [0.25, 0.3) is 5.91 Å². The average molecular weight is 492 g/mol. The van der Waals surface area contributed by atoms with E-state index >= 15 is 0 Å². The van der Waals surface area contributed by atoms with Crippen molar-refractivity contribution in [1.29, 1.82) is 0 Å². The van der Waals surface area contributed by atoms with Crippen molar-refractivity contribution in [3.05, 3.63) is 23.2 Å². The van der Waals surface area contributed by atoms with Crippen LogP contribution in [0.15, 0.2) is 12.3 Å². The van der Waals surface area contributed by atoms with Crippen molar-refractivity contribution in [3.8, 4) is 5.75 Å². The Labute approximate surface area is 196 Å². The maximum Gasteiger partial charge on any atom is 0.411 e. The number of rotatable bonds is 6. The fourth-order valence-electron chi connectivity index (χ4n) is 3.03. The van der Waals surface area contributed by atoms with E-state index in [0.29, 0.717) is 0 Å². The molecular formula is C20H27ClFN3O6S. The molecule has 2 heterocycles. The number of hydrogen-bond acceptors (Lipinski definition) is 8. The number of piperidine rings is 1. The molecule has 0 bridgehead atoms. The maximum absolute atomic E-state index is 13.5. The first kappa shape index (κ1) is 26.0. The van der Waals surface area contributed by atoms with Crippen molar-refractivity contribution in [1.82, 2.24) is 15.2 Å². The van der Waals surface area contributed by atoms with Crippen molar-refractivity contribution < 1.29 is 33.0 Å². The summed E-state index contributed by atoms with van der Waals surface area (Å²) in [4.78, 5) is 41.2. The summed E-state index contributed by atoms with van der Waals surface area (Å²) < 4.78 is 29.2. The normalized spacial score (nSPS) is 21.0. The van der Waals surface area contributed by atoms with Crippen LogP contribution < -0.4 is 10.1 Å². The van der Waals surface area contributed by atoms with Gasteiger partial charge in [-0.15, -0.1) is 12.6 Å². The summed E-state index contributed by atoms with van der Waals surface area (Å²) >= 11 is 10.1.